The summed E-state index contributed by atoms with van der Waals surface area (Å²) in [7, 11) is -1.84. The van der Waals surface area contributed by atoms with Crippen molar-refractivity contribution in [1.82, 2.24) is 14.2 Å². The fourth-order valence-corrected chi connectivity index (χ4v) is 5.62. The Balaban J connectivity index is 1.70. The fraction of sp³-hybridized carbons (Fsp3) is 0.667. The zero-order valence-electron chi connectivity index (χ0n) is 13.7. The number of aromatic nitrogens is 1. The molecule has 0 unspecified atom stereocenters. The number of rotatable bonds is 4. The van der Waals surface area contributed by atoms with Gasteiger partial charge in [0, 0.05) is 51.0 Å². The lowest BCUT2D eigenvalue weighted by molar-refractivity contribution is 0.0348. The van der Waals surface area contributed by atoms with Crippen molar-refractivity contribution in [3.63, 3.8) is 0 Å². The summed E-state index contributed by atoms with van der Waals surface area (Å²) >= 11 is 1.76. The lowest BCUT2D eigenvalue weighted by Gasteiger charge is -2.30. The molecule has 7 nitrogen and oxygen atoms in total. The largest absolute Gasteiger partial charge is 0.381 e. The highest BCUT2D eigenvalue weighted by Crippen LogP contribution is 2.22. The monoisotopic (exact) mass is 373 g/mol. The molecular formula is C15H23N3O4S2. The van der Waals surface area contributed by atoms with Crippen LogP contribution in [0.25, 0.3) is 0 Å². The Bertz CT molecular complexity index is 675. The zero-order valence-corrected chi connectivity index (χ0v) is 15.4. The average Bonchev–Trinajstić information content (AvgIpc) is 3.13. The predicted octanol–water partition coefficient (Wildman–Crippen LogP) is 1.00. The highest BCUT2D eigenvalue weighted by atomic mass is 32.2. The van der Waals surface area contributed by atoms with E-state index in [0.29, 0.717) is 31.9 Å². The highest BCUT2D eigenvalue weighted by molar-refractivity contribution is 7.99. The molecule has 24 heavy (non-hydrogen) atoms. The molecule has 0 radical (unpaired) electrons. The van der Waals surface area contributed by atoms with Gasteiger partial charge in [0.05, 0.1) is 6.10 Å². The van der Waals surface area contributed by atoms with E-state index in [9.17, 15) is 13.2 Å². The second kappa shape index (κ2) is 7.47. The van der Waals surface area contributed by atoms with Gasteiger partial charge in [-0.05, 0) is 18.9 Å². The van der Waals surface area contributed by atoms with Crippen LogP contribution in [-0.4, -0.2) is 79.4 Å². The number of likely N-dealkylation sites (tertiary alicyclic amines) is 1. The Morgan fingerprint density at radius 1 is 1.25 bits per heavy atom. The molecule has 0 spiro atoms. The standard InChI is InChI=1S/C15H23N3O4S2/c1-22-12-2-4-17(5-3-12)15(19)14-10-13(11-16-14)24(20,21)18-6-8-23-9-7-18/h10-12,16H,2-9H2,1H3. The van der Waals surface area contributed by atoms with Crippen LogP contribution in [0.1, 0.15) is 23.3 Å². The maximum absolute atomic E-state index is 12.6. The van der Waals surface area contributed by atoms with Crippen LogP contribution < -0.4 is 0 Å². The van der Waals surface area contributed by atoms with E-state index in [0.717, 1.165) is 24.3 Å². The lowest BCUT2D eigenvalue weighted by atomic mass is 10.1. The normalized spacial score (nSPS) is 21.1. The first-order chi connectivity index (χ1) is 11.5. The number of sulfonamides is 1. The van der Waals surface area contributed by atoms with Crippen molar-refractivity contribution in [1.29, 1.82) is 0 Å². The number of carbonyl (C=O) groups is 1. The van der Waals surface area contributed by atoms with Gasteiger partial charge in [-0.1, -0.05) is 0 Å². The molecule has 2 aliphatic rings. The second-order valence-corrected chi connectivity index (χ2v) is 9.16. The summed E-state index contributed by atoms with van der Waals surface area (Å²) in [5, 5.41) is 0. The van der Waals surface area contributed by atoms with Crippen molar-refractivity contribution in [3.8, 4) is 0 Å². The molecule has 1 aromatic heterocycles. The molecule has 1 aromatic rings. The zero-order chi connectivity index (χ0) is 17.2. The van der Waals surface area contributed by atoms with Crippen LogP contribution in [0.3, 0.4) is 0 Å². The number of H-pyrrole nitrogens is 1. The SMILES string of the molecule is COC1CCN(C(=O)c2cc(S(=O)(=O)N3CCSCC3)c[nH]2)CC1. The van der Waals surface area contributed by atoms with E-state index in [1.54, 1.807) is 23.8 Å². The topological polar surface area (TPSA) is 82.7 Å². The van der Waals surface area contributed by atoms with Crippen molar-refractivity contribution in [2.45, 2.75) is 23.8 Å². The van der Waals surface area contributed by atoms with Gasteiger partial charge in [0.2, 0.25) is 10.0 Å². The Hall–Kier alpha value is -1.03. The van der Waals surface area contributed by atoms with Crippen LogP contribution in [0.15, 0.2) is 17.2 Å². The van der Waals surface area contributed by atoms with E-state index in [4.69, 9.17) is 4.74 Å². The minimum Gasteiger partial charge on any atom is -0.381 e. The summed E-state index contributed by atoms with van der Waals surface area (Å²) < 4.78 is 32.1. The molecule has 3 heterocycles. The summed E-state index contributed by atoms with van der Waals surface area (Å²) in [6.45, 7) is 2.29. The highest BCUT2D eigenvalue weighted by Gasteiger charge is 2.29. The number of thioether (sulfide) groups is 1. The van der Waals surface area contributed by atoms with E-state index in [2.05, 4.69) is 4.98 Å². The third-order valence-electron chi connectivity index (χ3n) is 4.56. The van der Waals surface area contributed by atoms with Gasteiger partial charge in [0.1, 0.15) is 10.6 Å². The predicted molar refractivity (Wildman–Crippen MR) is 92.8 cm³/mol. The number of carbonyl (C=O) groups excluding carboxylic acids is 1. The Morgan fingerprint density at radius 2 is 1.92 bits per heavy atom. The molecule has 2 saturated heterocycles. The van der Waals surface area contributed by atoms with Gasteiger partial charge in [0.15, 0.2) is 0 Å². The van der Waals surface area contributed by atoms with Crippen molar-refractivity contribution in [2.75, 3.05) is 44.8 Å². The molecule has 3 rings (SSSR count). The van der Waals surface area contributed by atoms with Crippen LogP contribution in [0, 0.1) is 0 Å². The third-order valence-corrected chi connectivity index (χ3v) is 7.38. The minimum absolute atomic E-state index is 0.153. The fourth-order valence-electron chi connectivity index (χ4n) is 3.05. The molecule has 2 aliphatic heterocycles. The van der Waals surface area contributed by atoms with Gasteiger partial charge in [-0.2, -0.15) is 16.1 Å². The Kier molecular flexibility index (Phi) is 5.53. The van der Waals surface area contributed by atoms with Crippen LogP contribution in [0.2, 0.25) is 0 Å². The van der Waals surface area contributed by atoms with Gasteiger partial charge in [-0.25, -0.2) is 8.42 Å². The summed E-state index contributed by atoms with van der Waals surface area (Å²) in [5.74, 6) is 1.47. The lowest BCUT2D eigenvalue weighted by Crippen LogP contribution is -2.40. The summed E-state index contributed by atoms with van der Waals surface area (Å²) in [5.41, 5.74) is 0.329. The van der Waals surface area contributed by atoms with Gasteiger partial charge in [-0.3, -0.25) is 4.79 Å². The third kappa shape index (κ3) is 3.63. The number of piperidine rings is 1. The number of nitrogens with one attached hydrogen (secondary N) is 1. The summed E-state index contributed by atoms with van der Waals surface area (Å²) in [6, 6.07) is 1.46. The minimum atomic E-state index is -3.52. The summed E-state index contributed by atoms with van der Waals surface area (Å²) in [4.78, 5) is 17.3. The van der Waals surface area contributed by atoms with E-state index in [1.807, 2.05) is 0 Å². The van der Waals surface area contributed by atoms with E-state index < -0.39 is 10.0 Å². The molecule has 0 bridgehead atoms. The van der Waals surface area contributed by atoms with Crippen molar-refractivity contribution < 1.29 is 17.9 Å². The number of methoxy groups -OCH3 is 1. The van der Waals surface area contributed by atoms with Crippen molar-refractivity contribution in [3.05, 3.63) is 18.0 Å². The smallest absolute Gasteiger partial charge is 0.270 e. The molecule has 1 N–H and O–H groups in total. The molecule has 2 fully saturated rings. The molecule has 0 atom stereocenters. The van der Waals surface area contributed by atoms with Crippen molar-refractivity contribution in [2.24, 2.45) is 0 Å². The molecule has 134 valence electrons. The first kappa shape index (κ1) is 17.8. The van der Waals surface area contributed by atoms with Crippen LogP contribution >= 0.6 is 11.8 Å². The van der Waals surface area contributed by atoms with Gasteiger partial charge in [0.25, 0.3) is 5.91 Å². The van der Waals surface area contributed by atoms with Gasteiger partial charge >= 0.3 is 0 Å². The molecule has 0 aromatic carbocycles. The van der Waals surface area contributed by atoms with Crippen LogP contribution in [0.4, 0.5) is 0 Å². The second-order valence-electron chi connectivity index (χ2n) is 5.99. The number of amides is 1. The number of hydrogen-bond acceptors (Lipinski definition) is 5. The van der Waals surface area contributed by atoms with E-state index >= 15 is 0 Å². The maximum atomic E-state index is 12.6. The Morgan fingerprint density at radius 3 is 2.54 bits per heavy atom. The first-order valence-electron chi connectivity index (χ1n) is 8.11. The first-order valence-corrected chi connectivity index (χ1v) is 10.7. The van der Waals surface area contributed by atoms with Gasteiger partial charge in [-0.15, -0.1) is 0 Å². The number of hydrogen-bond donors (Lipinski definition) is 1. The molecule has 1 amide bonds. The van der Waals surface area contributed by atoms with Crippen LogP contribution in [0.5, 0.6) is 0 Å². The quantitative estimate of drug-likeness (QED) is 0.851. The maximum Gasteiger partial charge on any atom is 0.270 e. The van der Waals surface area contributed by atoms with E-state index in [-0.39, 0.29) is 16.9 Å². The van der Waals surface area contributed by atoms with E-state index in [1.165, 1.54) is 16.6 Å². The number of ether oxygens (including phenoxy) is 1. The van der Waals surface area contributed by atoms with Crippen molar-refractivity contribution >= 4 is 27.7 Å². The Labute approximate surface area is 146 Å². The molecule has 9 heteroatoms. The molecular weight excluding hydrogens is 350 g/mol. The molecule has 0 saturated carbocycles. The summed E-state index contributed by atoms with van der Waals surface area (Å²) in [6.07, 6.45) is 3.23. The average molecular weight is 374 g/mol. The molecule has 0 aliphatic carbocycles. The van der Waals surface area contributed by atoms with Crippen LogP contribution in [-0.2, 0) is 14.8 Å². The van der Waals surface area contributed by atoms with Gasteiger partial charge < -0.3 is 14.6 Å². The number of nitrogens with zero attached hydrogens (tertiary/aromatic N) is 2. The number of aromatic amines is 1.